The van der Waals surface area contributed by atoms with E-state index < -0.39 is 0 Å². The van der Waals surface area contributed by atoms with Gasteiger partial charge in [-0.05, 0) is 6.92 Å². The fourth-order valence-electron chi connectivity index (χ4n) is 1.06. The van der Waals surface area contributed by atoms with E-state index in [9.17, 15) is 5.11 Å². The first kappa shape index (κ1) is 6.90. The Hall–Kier alpha value is -1.78. The Morgan fingerprint density at radius 1 is 1.42 bits per heavy atom. The predicted octanol–water partition coefficient (Wildman–Crippen LogP) is 0.942. The van der Waals surface area contributed by atoms with Crippen molar-refractivity contribution in [2.75, 3.05) is 0 Å². The van der Waals surface area contributed by atoms with E-state index >= 15 is 0 Å². The van der Waals surface area contributed by atoms with Gasteiger partial charge in [-0.3, -0.25) is 0 Å². The SMILES string of the molecule is Cc1noc2nc(O)cc(O)c12. The summed E-state index contributed by atoms with van der Waals surface area (Å²) in [6.07, 6.45) is 0. The van der Waals surface area contributed by atoms with Crippen LogP contribution in [0.4, 0.5) is 0 Å². The first-order valence-electron chi connectivity index (χ1n) is 3.33. The number of rotatable bonds is 0. The molecule has 0 unspecified atom stereocenters. The summed E-state index contributed by atoms with van der Waals surface area (Å²) in [6.45, 7) is 1.68. The number of aromatic nitrogens is 2. The summed E-state index contributed by atoms with van der Waals surface area (Å²) in [6, 6.07) is 1.15. The second-order valence-electron chi connectivity index (χ2n) is 2.45. The van der Waals surface area contributed by atoms with Gasteiger partial charge >= 0.3 is 0 Å². The molecular formula is C7H6N2O3. The lowest BCUT2D eigenvalue weighted by atomic mass is 10.2. The first-order valence-corrected chi connectivity index (χ1v) is 3.33. The van der Waals surface area contributed by atoms with Gasteiger partial charge in [-0.2, -0.15) is 4.98 Å². The summed E-state index contributed by atoms with van der Waals surface area (Å²) in [4.78, 5) is 3.62. The maximum absolute atomic E-state index is 9.32. The molecule has 0 saturated heterocycles. The monoisotopic (exact) mass is 166 g/mol. The quantitative estimate of drug-likeness (QED) is 0.608. The molecule has 0 radical (unpaired) electrons. The first-order chi connectivity index (χ1) is 5.68. The van der Waals surface area contributed by atoms with E-state index in [4.69, 9.17) is 9.63 Å². The molecule has 0 spiro atoms. The summed E-state index contributed by atoms with van der Waals surface area (Å²) in [5.74, 6) is -0.354. The third kappa shape index (κ3) is 0.795. The molecule has 12 heavy (non-hydrogen) atoms. The zero-order chi connectivity index (χ0) is 8.72. The second kappa shape index (κ2) is 2.10. The fourth-order valence-corrected chi connectivity index (χ4v) is 1.06. The van der Waals surface area contributed by atoms with Crippen LogP contribution >= 0.6 is 0 Å². The van der Waals surface area contributed by atoms with Crippen LogP contribution in [0.5, 0.6) is 11.6 Å². The number of fused-ring (bicyclic) bond motifs is 1. The lowest BCUT2D eigenvalue weighted by Gasteiger charge is -1.93. The van der Waals surface area contributed by atoms with Crippen molar-refractivity contribution in [1.82, 2.24) is 10.1 Å². The second-order valence-corrected chi connectivity index (χ2v) is 2.45. The highest BCUT2D eigenvalue weighted by Gasteiger charge is 2.11. The number of aromatic hydroxyl groups is 2. The highest BCUT2D eigenvalue weighted by molar-refractivity contribution is 5.83. The summed E-state index contributed by atoms with van der Waals surface area (Å²) in [5.41, 5.74) is 0.694. The van der Waals surface area contributed by atoms with Crippen molar-refractivity contribution in [1.29, 1.82) is 0 Å². The zero-order valence-electron chi connectivity index (χ0n) is 6.27. The summed E-state index contributed by atoms with van der Waals surface area (Å²) < 4.78 is 4.73. The lowest BCUT2D eigenvalue weighted by Crippen LogP contribution is -1.77. The molecule has 0 atom stereocenters. The van der Waals surface area contributed by atoms with E-state index in [1.54, 1.807) is 6.92 Å². The molecule has 0 aromatic carbocycles. The Morgan fingerprint density at radius 2 is 2.17 bits per heavy atom. The molecule has 0 saturated carbocycles. The molecular weight excluding hydrogens is 160 g/mol. The topological polar surface area (TPSA) is 79.4 Å². The van der Waals surface area contributed by atoms with Gasteiger partial charge in [0.15, 0.2) is 0 Å². The van der Waals surface area contributed by atoms with Gasteiger partial charge < -0.3 is 14.7 Å². The van der Waals surface area contributed by atoms with Crippen molar-refractivity contribution in [3.8, 4) is 11.6 Å². The maximum atomic E-state index is 9.32. The van der Waals surface area contributed by atoms with Gasteiger partial charge in [0.05, 0.1) is 5.69 Å². The molecule has 2 aromatic rings. The van der Waals surface area contributed by atoms with Crippen LogP contribution in [0.1, 0.15) is 5.69 Å². The van der Waals surface area contributed by atoms with Crippen LogP contribution in [-0.4, -0.2) is 20.4 Å². The van der Waals surface area contributed by atoms with E-state index in [0.717, 1.165) is 6.07 Å². The molecule has 5 nitrogen and oxygen atoms in total. The Labute approximate surface area is 67.3 Å². The smallest absolute Gasteiger partial charge is 0.265 e. The number of hydrogen-bond donors (Lipinski definition) is 2. The molecule has 2 heterocycles. The molecule has 0 aliphatic rings. The molecule has 0 aliphatic heterocycles. The Kier molecular flexibility index (Phi) is 1.21. The highest BCUT2D eigenvalue weighted by Crippen LogP contribution is 2.28. The van der Waals surface area contributed by atoms with Gasteiger partial charge in [0.1, 0.15) is 11.1 Å². The van der Waals surface area contributed by atoms with Crippen LogP contribution in [-0.2, 0) is 0 Å². The third-order valence-corrected chi connectivity index (χ3v) is 1.58. The zero-order valence-corrected chi connectivity index (χ0v) is 6.27. The Morgan fingerprint density at radius 3 is 2.92 bits per heavy atom. The molecule has 0 fully saturated rings. The van der Waals surface area contributed by atoms with Crippen molar-refractivity contribution in [2.45, 2.75) is 6.92 Å². The van der Waals surface area contributed by atoms with Gasteiger partial charge in [-0.25, -0.2) is 0 Å². The summed E-state index contributed by atoms with van der Waals surface area (Å²) in [7, 11) is 0. The maximum Gasteiger partial charge on any atom is 0.265 e. The molecule has 2 N–H and O–H groups in total. The van der Waals surface area contributed by atoms with Crippen LogP contribution in [0, 0.1) is 6.92 Å². The van der Waals surface area contributed by atoms with Crippen LogP contribution in [0.2, 0.25) is 0 Å². The van der Waals surface area contributed by atoms with Crippen LogP contribution in [0.25, 0.3) is 11.1 Å². The normalized spacial score (nSPS) is 10.8. The average molecular weight is 166 g/mol. The third-order valence-electron chi connectivity index (χ3n) is 1.58. The van der Waals surface area contributed by atoms with Gasteiger partial charge in [0.2, 0.25) is 5.88 Å². The molecule has 2 aromatic heterocycles. The molecule has 0 aliphatic carbocycles. The fraction of sp³-hybridized carbons (Fsp3) is 0.143. The molecule has 5 heteroatoms. The molecule has 0 amide bonds. The van der Waals surface area contributed by atoms with Crippen molar-refractivity contribution in [3.05, 3.63) is 11.8 Å². The van der Waals surface area contributed by atoms with E-state index in [-0.39, 0.29) is 17.3 Å². The van der Waals surface area contributed by atoms with Gasteiger partial charge in [-0.1, -0.05) is 5.16 Å². The molecule has 62 valence electrons. The molecule has 0 bridgehead atoms. The van der Waals surface area contributed by atoms with E-state index in [0.29, 0.717) is 11.1 Å². The minimum atomic E-state index is -0.281. The van der Waals surface area contributed by atoms with Crippen molar-refractivity contribution in [3.63, 3.8) is 0 Å². The standard InChI is InChI=1S/C7H6N2O3/c1-3-6-4(10)2-5(11)8-7(6)12-9-3/h2H,1H3,(H2,8,10,11). The van der Waals surface area contributed by atoms with Crippen molar-refractivity contribution >= 4 is 11.1 Å². The van der Waals surface area contributed by atoms with Crippen molar-refractivity contribution < 1.29 is 14.7 Å². The van der Waals surface area contributed by atoms with Crippen LogP contribution < -0.4 is 0 Å². The van der Waals surface area contributed by atoms with E-state index in [1.807, 2.05) is 0 Å². The van der Waals surface area contributed by atoms with Gasteiger partial charge in [0, 0.05) is 6.07 Å². The Balaban J connectivity index is 2.93. The lowest BCUT2D eigenvalue weighted by molar-refractivity contribution is 0.418. The largest absolute Gasteiger partial charge is 0.507 e. The molecule has 2 rings (SSSR count). The average Bonchev–Trinajstić information content (AvgIpc) is 2.31. The number of hydrogen-bond acceptors (Lipinski definition) is 5. The highest BCUT2D eigenvalue weighted by atomic mass is 16.5. The minimum Gasteiger partial charge on any atom is -0.507 e. The minimum absolute atomic E-state index is 0.0729. The van der Waals surface area contributed by atoms with Gasteiger partial charge in [0.25, 0.3) is 5.71 Å². The van der Waals surface area contributed by atoms with Crippen LogP contribution in [0.3, 0.4) is 0 Å². The van der Waals surface area contributed by atoms with Gasteiger partial charge in [-0.15, -0.1) is 0 Å². The van der Waals surface area contributed by atoms with Crippen LogP contribution in [0.15, 0.2) is 10.6 Å². The number of pyridine rings is 1. The Bertz CT molecular complexity index is 435. The number of nitrogens with zero attached hydrogens (tertiary/aromatic N) is 2. The predicted molar refractivity (Wildman–Crippen MR) is 39.9 cm³/mol. The van der Waals surface area contributed by atoms with Crippen molar-refractivity contribution in [2.24, 2.45) is 0 Å². The van der Waals surface area contributed by atoms with E-state index in [1.165, 1.54) is 0 Å². The summed E-state index contributed by atoms with van der Waals surface area (Å²) >= 11 is 0. The summed E-state index contributed by atoms with van der Waals surface area (Å²) in [5, 5.41) is 22.3. The van der Waals surface area contributed by atoms with E-state index in [2.05, 4.69) is 10.1 Å². The number of aryl methyl sites for hydroxylation is 1.